The minimum Gasteiger partial charge on any atom is -0.381 e. The summed E-state index contributed by atoms with van der Waals surface area (Å²) in [5.41, 5.74) is 1.34. The quantitative estimate of drug-likeness (QED) is 0.727. The van der Waals surface area contributed by atoms with Gasteiger partial charge in [-0.25, -0.2) is 0 Å². The van der Waals surface area contributed by atoms with E-state index in [0.717, 1.165) is 39.1 Å². The molecule has 1 N–H and O–H groups in total. The van der Waals surface area contributed by atoms with Crippen LogP contribution in [0.25, 0.3) is 10.8 Å². The molecule has 0 saturated heterocycles. The van der Waals surface area contributed by atoms with E-state index in [2.05, 4.69) is 54.7 Å². The zero-order valence-corrected chi connectivity index (χ0v) is 11.7. The highest BCUT2D eigenvalue weighted by Crippen LogP contribution is 2.15. The van der Waals surface area contributed by atoms with Gasteiger partial charge < -0.3 is 10.1 Å². The molecule has 2 aromatic carbocycles. The lowest BCUT2D eigenvalue weighted by Gasteiger charge is -2.06. The number of fused-ring (bicyclic) bond motifs is 1. The summed E-state index contributed by atoms with van der Waals surface area (Å²) in [5, 5.41) is 6.08. The van der Waals surface area contributed by atoms with E-state index < -0.39 is 0 Å². The molecule has 0 aromatic heterocycles. The van der Waals surface area contributed by atoms with Crippen LogP contribution in [0.2, 0.25) is 0 Å². The van der Waals surface area contributed by atoms with Gasteiger partial charge in [-0.1, -0.05) is 43.3 Å². The maximum Gasteiger partial charge on any atom is 0.0478 e. The summed E-state index contributed by atoms with van der Waals surface area (Å²) in [6, 6.07) is 15.1. The van der Waals surface area contributed by atoms with Gasteiger partial charge in [-0.15, -0.1) is 0 Å². The highest BCUT2D eigenvalue weighted by Gasteiger charge is 1.96. The summed E-state index contributed by atoms with van der Waals surface area (Å²) >= 11 is 0. The molecule has 0 unspecified atom stereocenters. The number of benzene rings is 2. The summed E-state index contributed by atoms with van der Waals surface area (Å²) in [6.45, 7) is 5.82. The summed E-state index contributed by atoms with van der Waals surface area (Å²) in [5.74, 6) is 0. The first-order valence-electron chi connectivity index (χ1n) is 7.16. The van der Waals surface area contributed by atoms with Crippen molar-refractivity contribution in [2.75, 3.05) is 19.8 Å². The fourth-order valence-corrected chi connectivity index (χ4v) is 2.13. The van der Waals surface area contributed by atoms with E-state index in [0.29, 0.717) is 0 Å². The first kappa shape index (κ1) is 14.0. The van der Waals surface area contributed by atoms with E-state index in [9.17, 15) is 0 Å². The Hall–Kier alpha value is -1.38. The lowest BCUT2D eigenvalue weighted by atomic mass is 10.1. The monoisotopic (exact) mass is 257 g/mol. The predicted octanol–water partition coefficient (Wildman–Crippen LogP) is 3.75. The molecule has 0 saturated carbocycles. The molecule has 0 aliphatic carbocycles. The largest absolute Gasteiger partial charge is 0.381 e. The van der Waals surface area contributed by atoms with Gasteiger partial charge in [0, 0.05) is 19.8 Å². The molecule has 0 spiro atoms. The Morgan fingerprint density at radius 2 is 1.84 bits per heavy atom. The van der Waals surface area contributed by atoms with E-state index in [1.54, 1.807) is 0 Å². The highest BCUT2D eigenvalue weighted by molar-refractivity contribution is 5.82. The SMILES string of the molecule is CCCOCCCNCc1ccc2ccccc2c1. The van der Waals surface area contributed by atoms with Gasteiger partial charge in [0.05, 0.1) is 0 Å². The molecule has 0 fully saturated rings. The van der Waals surface area contributed by atoms with E-state index in [-0.39, 0.29) is 0 Å². The fourth-order valence-electron chi connectivity index (χ4n) is 2.13. The molecule has 0 atom stereocenters. The van der Waals surface area contributed by atoms with E-state index in [4.69, 9.17) is 4.74 Å². The molecule has 2 aromatic rings. The summed E-state index contributed by atoms with van der Waals surface area (Å²) in [4.78, 5) is 0. The van der Waals surface area contributed by atoms with Crippen molar-refractivity contribution in [1.29, 1.82) is 0 Å². The van der Waals surface area contributed by atoms with Gasteiger partial charge in [0.1, 0.15) is 0 Å². The van der Waals surface area contributed by atoms with Crippen LogP contribution in [0.15, 0.2) is 42.5 Å². The molecular formula is C17H23NO. The van der Waals surface area contributed by atoms with Crippen molar-refractivity contribution >= 4 is 10.8 Å². The summed E-state index contributed by atoms with van der Waals surface area (Å²) < 4.78 is 5.45. The van der Waals surface area contributed by atoms with Gasteiger partial charge in [0.2, 0.25) is 0 Å². The molecule has 0 bridgehead atoms. The van der Waals surface area contributed by atoms with Crippen molar-refractivity contribution < 1.29 is 4.74 Å². The third kappa shape index (κ3) is 4.66. The molecule has 0 radical (unpaired) electrons. The Morgan fingerprint density at radius 1 is 1.00 bits per heavy atom. The lowest BCUT2D eigenvalue weighted by molar-refractivity contribution is 0.132. The number of rotatable bonds is 8. The molecule has 19 heavy (non-hydrogen) atoms. The lowest BCUT2D eigenvalue weighted by Crippen LogP contribution is -2.16. The van der Waals surface area contributed by atoms with Crippen molar-refractivity contribution in [3.63, 3.8) is 0 Å². The van der Waals surface area contributed by atoms with Gasteiger partial charge in [0.15, 0.2) is 0 Å². The highest BCUT2D eigenvalue weighted by atomic mass is 16.5. The maximum atomic E-state index is 5.45. The summed E-state index contributed by atoms with van der Waals surface area (Å²) in [7, 11) is 0. The second-order valence-electron chi connectivity index (χ2n) is 4.82. The van der Waals surface area contributed by atoms with Gasteiger partial charge in [-0.05, 0) is 41.8 Å². The van der Waals surface area contributed by atoms with Crippen LogP contribution in [0.4, 0.5) is 0 Å². The normalized spacial score (nSPS) is 11.0. The van der Waals surface area contributed by atoms with Gasteiger partial charge >= 0.3 is 0 Å². The van der Waals surface area contributed by atoms with Crippen LogP contribution < -0.4 is 5.32 Å². The van der Waals surface area contributed by atoms with Crippen LogP contribution in [-0.2, 0) is 11.3 Å². The van der Waals surface area contributed by atoms with E-state index in [1.165, 1.54) is 16.3 Å². The number of ether oxygens (including phenoxy) is 1. The summed E-state index contributed by atoms with van der Waals surface area (Å²) in [6.07, 6.45) is 2.18. The minimum absolute atomic E-state index is 0.860. The maximum absolute atomic E-state index is 5.45. The zero-order valence-electron chi connectivity index (χ0n) is 11.7. The second kappa shape index (κ2) is 7.93. The zero-order chi connectivity index (χ0) is 13.3. The van der Waals surface area contributed by atoms with Crippen LogP contribution >= 0.6 is 0 Å². The molecule has 2 nitrogen and oxygen atoms in total. The number of hydrogen-bond acceptors (Lipinski definition) is 2. The van der Waals surface area contributed by atoms with Gasteiger partial charge in [0.25, 0.3) is 0 Å². The van der Waals surface area contributed by atoms with Crippen LogP contribution in [0.5, 0.6) is 0 Å². The predicted molar refractivity (Wildman–Crippen MR) is 81.4 cm³/mol. The van der Waals surface area contributed by atoms with Gasteiger partial charge in [-0.2, -0.15) is 0 Å². The first-order valence-corrected chi connectivity index (χ1v) is 7.16. The van der Waals surface area contributed by atoms with Crippen molar-refractivity contribution in [2.24, 2.45) is 0 Å². The van der Waals surface area contributed by atoms with Gasteiger partial charge in [-0.3, -0.25) is 0 Å². The minimum atomic E-state index is 0.860. The second-order valence-corrected chi connectivity index (χ2v) is 4.82. The van der Waals surface area contributed by atoms with E-state index in [1.807, 2.05) is 0 Å². The van der Waals surface area contributed by atoms with E-state index >= 15 is 0 Å². The first-order chi connectivity index (χ1) is 9.40. The van der Waals surface area contributed by atoms with Crippen LogP contribution in [0.3, 0.4) is 0 Å². The van der Waals surface area contributed by atoms with Crippen molar-refractivity contribution in [2.45, 2.75) is 26.3 Å². The Balaban J connectivity index is 1.72. The Bertz CT molecular complexity index is 495. The third-order valence-corrected chi connectivity index (χ3v) is 3.13. The molecule has 102 valence electrons. The standard InChI is InChI=1S/C17H23NO/c1-2-11-19-12-5-10-18-14-15-8-9-16-6-3-4-7-17(16)13-15/h3-4,6-9,13,18H,2,5,10-12,14H2,1H3. The number of hydrogen-bond donors (Lipinski definition) is 1. The third-order valence-electron chi connectivity index (χ3n) is 3.13. The molecule has 0 aliphatic rings. The number of nitrogens with one attached hydrogen (secondary N) is 1. The molecule has 0 heterocycles. The fraction of sp³-hybridized carbons (Fsp3) is 0.412. The van der Waals surface area contributed by atoms with Crippen LogP contribution in [0.1, 0.15) is 25.3 Å². The van der Waals surface area contributed by atoms with Crippen molar-refractivity contribution in [3.05, 3.63) is 48.0 Å². The molecule has 2 heteroatoms. The Morgan fingerprint density at radius 3 is 2.68 bits per heavy atom. The Kier molecular flexibility index (Phi) is 5.86. The van der Waals surface area contributed by atoms with Crippen LogP contribution in [-0.4, -0.2) is 19.8 Å². The van der Waals surface area contributed by atoms with Crippen LogP contribution in [0, 0.1) is 0 Å². The molecule has 0 aliphatic heterocycles. The van der Waals surface area contributed by atoms with Crippen molar-refractivity contribution in [1.82, 2.24) is 5.32 Å². The molecular weight excluding hydrogens is 234 g/mol. The molecule has 0 amide bonds. The average molecular weight is 257 g/mol. The molecule has 2 rings (SSSR count). The smallest absolute Gasteiger partial charge is 0.0478 e. The Labute approximate surface area is 115 Å². The average Bonchev–Trinajstić information content (AvgIpc) is 2.46. The van der Waals surface area contributed by atoms with Crippen molar-refractivity contribution in [3.8, 4) is 0 Å². The topological polar surface area (TPSA) is 21.3 Å².